The number of benzene rings is 2. The molecule has 1 fully saturated rings. The molecule has 1 amide bonds. The Bertz CT molecular complexity index is 2160. The molecule has 242 valence electrons. The maximum atomic E-state index is 13.2. The number of nitrogens with one attached hydrogen (secondary N) is 3. The van der Waals surface area contributed by atoms with Gasteiger partial charge < -0.3 is 20.7 Å². The Morgan fingerprint density at radius 3 is 2.49 bits per heavy atom. The van der Waals surface area contributed by atoms with Crippen LogP contribution in [-0.2, 0) is 25.4 Å². The number of carbonyl (C=O) groups is 1. The maximum absolute atomic E-state index is 13.2. The van der Waals surface area contributed by atoms with Gasteiger partial charge in [0.15, 0.2) is 5.65 Å². The van der Waals surface area contributed by atoms with Gasteiger partial charge in [-0.15, -0.1) is 0 Å². The molecule has 0 radical (unpaired) electrons. The number of halogens is 1. The zero-order valence-electron chi connectivity index (χ0n) is 26.6. The molecule has 14 heteroatoms. The van der Waals surface area contributed by atoms with Crippen molar-refractivity contribution in [1.29, 1.82) is 0 Å². The summed E-state index contributed by atoms with van der Waals surface area (Å²) in [6, 6.07) is 11.6. The van der Waals surface area contributed by atoms with E-state index in [0.29, 0.717) is 64.7 Å². The Kier molecular flexibility index (Phi) is 8.76. The summed E-state index contributed by atoms with van der Waals surface area (Å²) in [4.78, 5) is 55.4. The second-order valence-electron chi connectivity index (χ2n) is 11.4. The van der Waals surface area contributed by atoms with Crippen molar-refractivity contribution in [1.82, 2.24) is 39.7 Å². The van der Waals surface area contributed by atoms with Crippen molar-refractivity contribution in [2.75, 3.05) is 19.0 Å². The smallest absolute Gasteiger partial charge is 0.332 e. The maximum Gasteiger partial charge on any atom is 0.332 e. The SMILES string of the molecule is COc1nc(-c2cccc(-c3cccc(Nc4nc(C)nc5c4c(=O)n(C)c(=O)n5C)c3C)c2Cl)cnc1CNCC1CCC(=O)N1. The van der Waals surface area contributed by atoms with E-state index in [1.807, 2.05) is 43.3 Å². The standard InChI is InChI=1S/C33H34ClN9O4/c1-17-20(8-7-11-23(17)40-29-27-30(38-18(2)37-29)42(3)33(46)43(4)32(27)45)21-9-6-10-22(28(21)34)24-16-36-25(31(41-24)47-5)15-35-14-19-12-13-26(44)39-19/h6-11,16,19,35H,12-15H2,1-5H3,(H,39,44)(H,37,38,40). The first-order valence-corrected chi connectivity index (χ1v) is 15.5. The molecule has 0 bridgehead atoms. The number of hydrogen-bond acceptors (Lipinski definition) is 10. The average Bonchev–Trinajstić information content (AvgIpc) is 3.48. The number of rotatable bonds is 9. The number of nitrogens with zero attached hydrogens (tertiary/aromatic N) is 6. The summed E-state index contributed by atoms with van der Waals surface area (Å²) in [5.74, 6) is 1.17. The van der Waals surface area contributed by atoms with Crippen molar-refractivity contribution in [3.63, 3.8) is 0 Å². The van der Waals surface area contributed by atoms with Crippen LogP contribution < -0.4 is 31.9 Å². The van der Waals surface area contributed by atoms with Gasteiger partial charge in [0, 0.05) is 56.5 Å². The van der Waals surface area contributed by atoms with Gasteiger partial charge >= 0.3 is 5.69 Å². The third kappa shape index (κ3) is 6.07. The van der Waals surface area contributed by atoms with E-state index in [0.717, 1.165) is 27.7 Å². The average molecular weight is 656 g/mol. The lowest BCUT2D eigenvalue weighted by Crippen LogP contribution is -2.37. The molecule has 0 aliphatic carbocycles. The summed E-state index contributed by atoms with van der Waals surface area (Å²) in [5, 5.41) is 10.3. The molecular formula is C33H34ClN9O4. The normalized spacial score (nSPS) is 14.4. The molecular weight excluding hydrogens is 622 g/mol. The fourth-order valence-electron chi connectivity index (χ4n) is 5.79. The first kappa shape index (κ1) is 31.8. The Hall–Kier alpha value is -5.14. The number of aryl methyl sites for hydroxylation is 2. The van der Waals surface area contributed by atoms with Crippen molar-refractivity contribution in [2.45, 2.75) is 39.3 Å². The van der Waals surface area contributed by atoms with Crippen LogP contribution in [0, 0.1) is 13.8 Å². The minimum absolute atomic E-state index is 0.0754. The highest BCUT2D eigenvalue weighted by molar-refractivity contribution is 6.36. The number of amides is 1. The summed E-state index contributed by atoms with van der Waals surface area (Å²) in [7, 11) is 4.55. The lowest BCUT2D eigenvalue weighted by atomic mass is 9.96. The van der Waals surface area contributed by atoms with Gasteiger partial charge in [-0.25, -0.2) is 19.7 Å². The summed E-state index contributed by atoms with van der Waals surface area (Å²) in [5.41, 5.74) is 4.37. The first-order valence-electron chi connectivity index (χ1n) is 15.1. The Morgan fingerprint density at radius 1 is 1.00 bits per heavy atom. The van der Waals surface area contributed by atoms with E-state index in [4.69, 9.17) is 21.3 Å². The molecule has 47 heavy (non-hydrogen) atoms. The van der Waals surface area contributed by atoms with E-state index in [2.05, 4.69) is 30.9 Å². The number of anilines is 2. The van der Waals surface area contributed by atoms with Gasteiger partial charge in [-0.05, 0) is 37.5 Å². The second-order valence-corrected chi connectivity index (χ2v) is 11.8. The van der Waals surface area contributed by atoms with Gasteiger partial charge in [-0.2, -0.15) is 0 Å². The molecule has 6 rings (SSSR count). The van der Waals surface area contributed by atoms with Gasteiger partial charge in [0.25, 0.3) is 5.56 Å². The largest absolute Gasteiger partial charge is 0.480 e. The van der Waals surface area contributed by atoms with E-state index in [9.17, 15) is 14.4 Å². The highest BCUT2D eigenvalue weighted by atomic mass is 35.5. The minimum atomic E-state index is -0.490. The molecule has 3 N–H and O–H groups in total. The molecule has 1 aliphatic heterocycles. The third-order valence-electron chi connectivity index (χ3n) is 8.34. The molecule has 5 aromatic rings. The van der Waals surface area contributed by atoms with Crippen molar-refractivity contribution in [2.24, 2.45) is 14.1 Å². The van der Waals surface area contributed by atoms with Crippen LogP contribution in [0.3, 0.4) is 0 Å². The number of ether oxygens (including phenoxy) is 1. The Morgan fingerprint density at radius 2 is 1.74 bits per heavy atom. The topological polar surface area (TPSA) is 158 Å². The molecule has 4 heterocycles. The van der Waals surface area contributed by atoms with E-state index >= 15 is 0 Å². The first-order chi connectivity index (χ1) is 22.6. The zero-order valence-corrected chi connectivity index (χ0v) is 27.4. The molecule has 1 unspecified atom stereocenters. The van der Waals surface area contributed by atoms with Gasteiger partial charge in [0.1, 0.15) is 22.7 Å². The van der Waals surface area contributed by atoms with Crippen LogP contribution in [0.15, 0.2) is 52.2 Å². The highest BCUT2D eigenvalue weighted by Gasteiger charge is 2.22. The quantitative estimate of drug-likeness (QED) is 0.214. The summed E-state index contributed by atoms with van der Waals surface area (Å²) in [6.45, 7) is 4.72. The van der Waals surface area contributed by atoms with Crippen LogP contribution in [-0.4, -0.2) is 54.7 Å². The molecule has 1 aliphatic rings. The van der Waals surface area contributed by atoms with Crippen molar-refractivity contribution in [3.05, 3.63) is 85.5 Å². The minimum Gasteiger partial charge on any atom is -0.480 e. The van der Waals surface area contributed by atoms with Crippen LogP contribution >= 0.6 is 11.6 Å². The van der Waals surface area contributed by atoms with Crippen LogP contribution in [0.5, 0.6) is 5.88 Å². The van der Waals surface area contributed by atoms with E-state index in [1.165, 1.54) is 11.6 Å². The third-order valence-corrected chi connectivity index (χ3v) is 8.74. The number of hydrogen-bond donors (Lipinski definition) is 3. The number of fused-ring (bicyclic) bond motifs is 1. The lowest BCUT2D eigenvalue weighted by molar-refractivity contribution is -0.119. The van der Waals surface area contributed by atoms with Gasteiger partial charge in [0.05, 0.1) is 24.0 Å². The predicted molar refractivity (Wildman–Crippen MR) is 180 cm³/mol. The fraction of sp³-hybridized carbons (Fsp3) is 0.303. The van der Waals surface area contributed by atoms with Crippen molar-refractivity contribution in [3.8, 4) is 28.3 Å². The lowest BCUT2D eigenvalue weighted by Gasteiger charge is -2.17. The molecule has 0 saturated carbocycles. The second kappa shape index (κ2) is 12.9. The zero-order chi connectivity index (χ0) is 33.4. The summed E-state index contributed by atoms with van der Waals surface area (Å²) in [6.07, 6.45) is 3.02. The van der Waals surface area contributed by atoms with Crippen molar-refractivity contribution < 1.29 is 9.53 Å². The number of aromatic nitrogens is 6. The Balaban J connectivity index is 1.31. The predicted octanol–water partition coefficient (Wildman–Crippen LogP) is 3.54. The summed E-state index contributed by atoms with van der Waals surface area (Å²) >= 11 is 7.06. The Labute approximate surface area is 275 Å². The fourth-order valence-corrected chi connectivity index (χ4v) is 6.12. The van der Waals surface area contributed by atoms with E-state index < -0.39 is 11.2 Å². The van der Waals surface area contributed by atoms with Crippen LogP contribution in [0.4, 0.5) is 11.5 Å². The van der Waals surface area contributed by atoms with Crippen LogP contribution in [0.1, 0.15) is 29.9 Å². The van der Waals surface area contributed by atoms with Crippen LogP contribution in [0.2, 0.25) is 5.02 Å². The molecule has 1 atom stereocenters. The van der Waals surface area contributed by atoms with E-state index in [-0.39, 0.29) is 23.0 Å². The number of methoxy groups -OCH3 is 1. The molecule has 2 aromatic carbocycles. The number of carbonyl (C=O) groups excluding carboxylic acids is 1. The van der Waals surface area contributed by atoms with E-state index in [1.54, 1.807) is 27.3 Å². The van der Waals surface area contributed by atoms with Crippen LogP contribution in [0.25, 0.3) is 33.4 Å². The molecule has 3 aromatic heterocycles. The van der Waals surface area contributed by atoms with Gasteiger partial charge in [0.2, 0.25) is 11.8 Å². The summed E-state index contributed by atoms with van der Waals surface area (Å²) < 4.78 is 7.95. The van der Waals surface area contributed by atoms with Gasteiger partial charge in [-0.1, -0.05) is 41.9 Å². The highest BCUT2D eigenvalue weighted by Crippen LogP contribution is 2.39. The van der Waals surface area contributed by atoms with Gasteiger partial charge in [-0.3, -0.25) is 23.7 Å². The molecule has 0 spiro atoms. The van der Waals surface area contributed by atoms with Crippen molar-refractivity contribution >= 4 is 40.0 Å². The molecule has 13 nitrogen and oxygen atoms in total. The molecule has 1 saturated heterocycles. The monoisotopic (exact) mass is 655 g/mol.